The third-order valence-corrected chi connectivity index (χ3v) is 4.77. The summed E-state index contributed by atoms with van der Waals surface area (Å²) in [5.74, 6) is 1.63. The van der Waals surface area contributed by atoms with E-state index in [1.54, 1.807) is 0 Å². The van der Waals surface area contributed by atoms with Crippen LogP contribution in [0.4, 0.5) is 11.4 Å². The number of carbonyl (C=O) groups is 1. The number of amides is 1. The Morgan fingerprint density at radius 3 is 2.64 bits per heavy atom. The van der Waals surface area contributed by atoms with Crippen LogP contribution in [0.3, 0.4) is 0 Å². The fourth-order valence-corrected chi connectivity index (χ4v) is 3.53. The van der Waals surface area contributed by atoms with Crippen molar-refractivity contribution in [3.63, 3.8) is 0 Å². The lowest BCUT2D eigenvalue weighted by Gasteiger charge is -2.22. The maximum atomic E-state index is 11.4. The summed E-state index contributed by atoms with van der Waals surface area (Å²) in [6.07, 6.45) is 2.05. The van der Waals surface area contributed by atoms with Crippen LogP contribution in [-0.4, -0.2) is 19.1 Å². The lowest BCUT2D eigenvalue weighted by atomic mass is 10.1. The highest BCUT2D eigenvalue weighted by Gasteiger charge is 2.26. The van der Waals surface area contributed by atoms with Gasteiger partial charge in [0.25, 0.3) is 0 Å². The Labute approximate surface area is 147 Å². The van der Waals surface area contributed by atoms with Crippen molar-refractivity contribution < 1.29 is 14.3 Å². The number of anilines is 2. The van der Waals surface area contributed by atoms with Gasteiger partial charge in [0.1, 0.15) is 13.2 Å². The predicted octanol–water partition coefficient (Wildman–Crippen LogP) is 3.82. The lowest BCUT2D eigenvalue weighted by Crippen LogP contribution is -2.16. The molecule has 0 spiro atoms. The van der Waals surface area contributed by atoms with Gasteiger partial charge in [-0.05, 0) is 60.7 Å². The summed E-state index contributed by atoms with van der Waals surface area (Å²) in [4.78, 5) is 11.4. The Balaban J connectivity index is 1.58. The molecule has 2 N–H and O–H groups in total. The molecule has 2 aromatic rings. The molecule has 0 fully saturated rings. The van der Waals surface area contributed by atoms with Crippen molar-refractivity contribution in [3.8, 4) is 11.5 Å². The largest absolute Gasteiger partial charge is 0.486 e. The number of aryl methyl sites for hydroxylation is 2. The third kappa shape index (κ3) is 3.14. The van der Waals surface area contributed by atoms with E-state index in [1.807, 2.05) is 19.1 Å². The molecular formula is C20H22N2O3. The lowest BCUT2D eigenvalue weighted by molar-refractivity contribution is -0.114. The maximum absolute atomic E-state index is 11.4. The van der Waals surface area contributed by atoms with E-state index in [9.17, 15) is 4.79 Å². The van der Waals surface area contributed by atoms with Gasteiger partial charge in [0, 0.05) is 18.3 Å². The van der Waals surface area contributed by atoms with Crippen LogP contribution in [-0.2, 0) is 11.2 Å². The number of hydrogen-bond acceptors (Lipinski definition) is 4. The van der Waals surface area contributed by atoms with Crippen molar-refractivity contribution in [1.82, 2.24) is 0 Å². The minimum absolute atomic E-state index is 0.0600. The van der Waals surface area contributed by atoms with E-state index in [4.69, 9.17) is 9.47 Å². The second-order valence-electron chi connectivity index (χ2n) is 6.64. The quantitative estimate of drug-likeness (QED) is 0.893. The van der Waals surface area contributed by atoms with Crippen molar-refractivity contribution in [1.29, 1.82) is 0 Å². The van der Waals surface area contributed by atoms with E-state index in [1.165, 1.54) is 18.1 Å². The Morgan fingerprint density at radius 1 is 1.12 bits per heavy atom. The molecular weight excluding hydrogens is 316 g/mol. The molecule has 1 amide bonds. The fourth-order valence-electron chi connectivity index (χ4n) is 3.53. The summed E-state index contributed by atoms with van der Waals surface area (Å²) in [5, 5.41) is 6.48. The van der Waals surface area contributed by atoms with Gasteiger partial charge in [0.15, 0.2) is 11.5 Å². The van der Waals surface area contributed by atoms with Crippen LogP contribution in [0.15, 0.2) is 30.3 Å². The molecule has 2 aliphatic rings. The molecule has 4 rings (SSSR count). The summed E-state index contributed by atoms with van der Waals surface area (Å²) in [6, 6.07) is 10.5. The van der Waals surface area contributed by atoms with Gasteiger partial charge in [-0.2, -0.15) is 0 Å². The average Bonchev–Trinajstić information content (AvgIpc) is 2.97. The minimum Gasteiger partial charge on any atom is -0.486 e. The zero-order valence-corrected chi connectivity index (χ0v) is 14.5. The number of benzene rings is 2. The summed E-state index contributed by atoms with van der Waals surface area (Å²) in [6.45, 7) is 4.73. The van der Waals surface area contributed by atoms with Crippen LogP contribution in [0.2, 0.25) is 0 Å². The molecule has 0 radical (unpaired) electrons. The van der Waals surface area contributed by atoms with Crippen molar-refractivity contribution in [2.45, 2.75) is 32.7 Å². The first kappa shape index (κ1) is 15.8. The normalized spacial score (nSPS) is 17.8. The van der Waals surface area contributed by atoms with E-state index < -0.39 is 0 Å². The number of nitrogens with one attached hydrogen (secondary N) is 2. The Kier molecular flexibility index (Phi) is 3.99. The number of ether oxygens (including phenoxy) is 2. The van der Waals surface area contributed by atoms with Gasteiger partial charge in [-0.1, -0.05) is 6.07 Å². The molecule has 25 heavy (non-hydrogen) atoms. The standard InChI is InChI=1S/C20H22N2O3/c1-12-3-5-15(10-18(12)21-13(2)23)22-17-6-4-14-9-19-20(11-16(14)17)25-8-7-24-19/h3,5,9-11,17,22H,4,6-8H2,1-2H3,(H,21,23)/t17-/m1/s1. The highest BCUT2D eigenvalue weighted by atomic mass is 16.6. The molecule has 0 aromatic heterocycles. The van der Waals surface area contributed by atoms with Crippen LogP contribution >= 0.6 is 0 Å². The molecule has 0 unspecified atom stereocenters. The molecule has 5 nitrogen and oxygen atoms in total. The van der Waals surface area contributed by atoms with Gasteiger partial charge in [-0.3, -0.25) is 4.79 Å². The topological polar surface area (TPSA) is 59.6 Å². The van der Waals surface area contributed by atoms with E-state index >= 15 is 0 Å². The summed E-state index contributed by atoms with van der Waals surface area (Å²) >= 11 is 0. The van der Waals surface area contributed by atoms with Gasteiger partial charge in [0.2, 0.25) is 5.91 Å². The van der Waals surface area contributed by atoms with Crippen molar-refractivity contribution >= 4 is 17.3 Å². The first-order chi connectivity index (χ1) is 12.1. The monoisotopic (exact) mass is 338 g/mol. The van der Waals surface area contributed by atoms with Gasteiger partial charge in [-0.25, -0.2) is 0 Å². The molecule has 1 aliphatic carbocycles. The van der Waals surface area contributed by atoms with E-state index in [0.29, 0.717) is 13.2 Å². The second kappa shape index (κ2) is 6.31. The number of fused-ring (bicyclic) bond motifs is 2. The van der Waals surface area contributed by atoms with Gasteiger partial charge < -0.3 is 20.1 Å². The smallest absolute Gasteiger partial charge is 0.221 e. The van der Waals surface area contributed by atoms with Crippen LogP contribution in [0.1, 0.15) is 36.1 Å². The number of rotatable bonds is 3. The molecule has 2 aromatic carbocycles. The highest BCUT2D eigenvalue weighted by Crippen LogP contribution is 2.42. The van der Waals surface area contributed by atoms with Crippen LogP contribution < -0.4 is 20.1 Å². The zero-order chi connectivity index (χ0) is 17.4. The Bertz CT molecular complexity index is 832. The van der Waals surface area contributed by atoms with Crippen molar-refractivity contribution in [2.24, 2.45) is 0 Å². The molecule has 130 valence electrons. The second-order valence-corrected chi connectivity index (χ2v) is 6.64. The average molecular weight is 338 g/mol. The fraction of sp³-hybridized carbons (Fsp3) is 0.350. The summed E-state index contributed by atoms with van der Waals surface area (Å²) in [5.41, 5.74) is 5.48. The third-order valence-electron chi connectivity index (χ3n) is 4.77. The molecule has 0 bridgehead atoms. The van der Waals surface area contributed by atoms with Crippen LogP contribution in [0.25, 0.3) is 0 Å². The maximum Gasteiger partial charge on any atom is 0.221 e. The number of hydrogen-bond donors (Lipinski definition) is 2. The van der Waals surface area contributed by atoms with Gasteiger partial charge >= 0.3 is 0 Å². The molecule has 1 atom stereocenters. The molecule has 1 aliphatic heterocycles. The molecule has 0 saturated carbocycles. The molecule has 1 heterocycles. The Hall–Kier alpha value is -2.69. The molecule has 0 saturated heterocycles. The van der Waals surface area contributed by atoms with Crippen molar-refractivity contribution in [2.75, 3.05) is 23.8 Å². The Morgan fingerprint density at radius 2 is 1.88 bits per heavy atom. The SMILES string of the molecule is CC(=O)Nc1cc(N[C@@H]2CCc3cc4c(cc32)OCCO4)ccc1C. The molecule has 5 heteroatoms. The zero-order valence-electron chi connectivity index (χ0n) is 14.5. The first-order valence-electron chi connectivity index (χ1n) is 8.67. The van der Waals surface area contributed by atoms with E-state index in [-0.39, 0.29) is 11.9 Å². The highest BCUT2D eigenvalue weighted by molar-refractivity contribution is 5.90. The van der Waals surface area contributed by atoms with E-state index in [0.717, 1.165) is 41.3 Å². The van der Waals surface area contributed by atoms with Gasteiger partial charge in [-0.15, -0.1) is 0 Å². The van der Waals surface area contributed by atoms with Crippen molar-refractivity contribution in [3.05, 3.63) is 47.0 Å². The van der Waals surface area contributed by atoms with E-state index in [2.05, 4.69) is 28.8 Å². The number of carbonyl (C=O) groups excluding carboxylic acids is 1. The van der Waals surface area contributed by atoms with Crippen LogP contribution in [0.5, 0.6) is 11.5 Å². The summed E-state index contributed by atoms with van der Waals surface area (Å²) < 4.78 is 11.4. The summed E-state index contributed by atoms with van der Waals surface area (Å²) in [7, 11) is 0. The first-order valence-corrected chi connectivity index (χ1v) is 8.67. The van der Waals surface area contributed by atoms with Crippen LogP contribution in [0, 0.1) is 6.92 Å². The van der Waals surface area contributed by atoms with Gasteiger partial charge in [0.05, 0.1) is 6.04 Å². The minimum atomic E-state index is -0.0600. The predicted molar refractivity (Wildman–Crippen MR) is 97.6 cm³/mol.